The topological polar surface area (TPSA) is 50.2 Å². The van der Waals surface area contributed by atoms with E-state index in [2.05, 4.69) is 43.8 Å². The normalized spacial score (nSPS) is 17.7. The Hall–Kier alpha value is -2.18. The summed E-state index contributed by atoms with van der Waals surface area (Å²) in [5.74, 6) is 1.24. The van der Waals surface area contributed by atoms with Crippen LogP contribution in [0.15, 0.2) is 53.0 Å². The molecule has 28 heavy (non-hydrogen) atoms. The van der Waals surface area contributed by atoms with Gasteiger partial charge in [-0.2, -0.15) is 0 Å². The molecule has 3 aromatic rings. The monoisotopic (exact) mass is 440 g/mol. The molecule has 1 N–H and O–H groups in total. The highest BCUT2D eigenvalue weighted by Crippen LogP contribution is 2.21. The smallest absolute Gasteiger partial charge is 0.224 e. The molecule has 1 fully saturated rings. The summed E-state index contributed by atoms with van der Waals surface area (Å²) in [6.45, 7) is 3.16. The molecule has 0 radical (unpaired) electrons. The molecule has 0 saturated carbocycles. The first-order valence-corrected chi connectivity index (χ1v) is 10.5. The standard InChI is InChI=1S/C22H25BrN4O/c1-26-20-7-3-2-6-19(20)25-21(26)15-27-12-4-5-17(14-27)22(28)24-13-16-8-10-18(23)11-9-16/h2-3,6-11,17H,4-5,12-15H2,1H3,(H,24,28)/t17-/m1/s1. The van der Waals surface area contributed by atoms with Crippen LogP contribution in [0.3, 0.4) is 0 Å². The highest BCUT2D eigenvalue weighted by atomic mass is 79.9. The fourth-order valence-corrected chi connectivity index (χ4v) is 4.15. The minimum absolute atomic E-state index is 0.0406. The van der Waals surface area contributed by atoms with Gasteiger partial charge in [0.2, 0.25) is 5.91 Å². The molecular weight excluding hydrogens is 416 g/mol. The maximum Gasteiger partial charge on any atom is 0.224 e. The first kappa shape index (κ1) is 19.2. The number of benzene rings is 2. The maximum absolute atomic E-state index is 12.7. The third kappa shape index (κ3) is 4.28. The Morgan fingerprint density at radius 2 is 2.00 bits per heavy atom. The van der Waals surface area contributed by atoms with Crippen LogP contribution in [0.25, 0.3) is 11.0 Å². The predicted molar refractivity (Wildman–Crippen MR) is 115 cm³/mol. The number of carbonyl (C=O) groups excluding carboxylic acids is 1. The van der Waals surface area contributed by atoms with Gasteiger partial charge in [0.25, 0.3) is 0 Å². The third-order valence-corrected chi connectivity index (χ3v) is 6.03. The van der Waals surface area contributed by atoms with Gasteiger partial charge in [0, 0.05) is 24.6 Å². The number of amides is 1. The van der Waals surface area contributed by atoms with E-state index in [1.54, 1.807) is 0 Å². The van der Waals surface area contributed by atoms with E-state index in [1.165, 1.54) is 0 Å². The van der Waals surface area contributed by atoms with Crippen LogP contribution in [-0.4, -0.2) is 33.4 Å². The van der Waals surface area contributed by atoms with Crippen molar-refractivity contribution in [1.29, 1.82) is 0 Å². The van der Waals surface area contributed by atoms with Crippen LogP contribution in [0.2, 0.25) is 0 Å². The molecule has 1 amide bonds. The van der Waals surface area contributed by atoms with Gasteiger partial charge in [0.1, 0.15) is 5.82 Å². The fraction of sp³-hybridized carbons (Fsp3) is 0.364. The fourth-order valence-electron chi connectivity index (χ4n) is 3.89. The van der Waals surface area contributed by atoms with Gasteiger partial charge in [0.05, 0.1) is 23.5 Å². The lowest BCUT2D eigenvalue weighted by Gasteiger charge is -2.31. The molecule has 146 valence electrons. The number of halogens is 1. The summed E-state index contributed by atoms with van der Waals surface area (Å²) in [6, 6.07) is 16.3. The van der Waals surface area contributed by atoms with Gasteiger partial charge in [-0.25, -0.2) is 4.98 Å². The summed E-state index contributed by atoms with van der Waals surface area (Å²) >= 11 is 3.44. The molecular formula is C22H25BrN4O. The van der Waals surface area contributed by atoms with Crippen LogP contribution >= 0.6 is 15.9 Å². The minimum atomic E-state index is 0.0406. The van der Waals surface area contributed by atoms with Gasteiger partial charge in [-0.3, -0.25) is 9.69 Å². The van der Waals surface area contributed by atoms with E-state index in [0.717, 1.165) is 59.4 Å². The summed E-state index contributed by atoms with van der Waals surface area (Å²) < 4.78 is 3.21. The van der Waals surface area contributed by atoms with Gasteiger partial charge in [0.15, 0.2) is 0 Å². The molecule has 1 aliphatic rings. The number of imidazole rings is 1. The van der Waals surface area contributed by atoms with Gasteiger partial charge in [-0.15, -0.1) is 0 Å². The minimum Gasteiger partial charge on any atom is -0.352 e. The van der Waals surface area contributed by atoms with Crippen molar-refractivity contribution in [2.45, 2.75) is 25.9 Å². The summed E-state index contributed by atoms with van der Waals surface area (Å²) in [5.41, 5.74) is 3.29. The number of likely N-dealkylation sites (tertiary alicyclic amines) is 1. The molecule has 2 heterocycles. The molecule has 4 rings (SSSR count). The molecule has 0 bridgehead atoms. The average Bonchev–Trinajstić information content (AvgIpc) is 3.03. The average molecular weight is 441 g/mol. The van der Waals surface area contributed by atoms with Crippen LogP contribution in [0, 0.1) is 5.92 Å². The lowest BCUT2D eigenvalue weighted by atomic mass is 9.97. The van der Waals surface area contributed by atoms with Crippen molar-refractivity contribution in [3.63, 3.8) is 0 Å². The zero-order chi connectivity index (χ0) is 19.5. The Bertz CT molecular complexity index is 966. The molecule has 1 aliphatic heterocycles. The van der Waals surface area contributed by atoms with E-state index >= 15 is 0 Å². The Labute approximate surface area is 173 Å². The number of carbonyl (C=O) groups is 1. The second-order valence-corrected chi connectivity index (χ2v) is 8.41. The molecule has 1 atom stereocenters. The zero-order valence-electron chi connectivity index (χ0n) is 16.1. The van der Waals surface area contributed by atoms with E-state index in [9.17, 15) is 4.79 Å². The highest BCUT2D eigenvalue weighted by molar-refractivity contribution is 9.10. The Morgan fingerprint density at radius 3 is 2.79 bits per heavy atom. The summed E-state index contributed by atoms with van der Waals surface area (Å²) in [6.07, 6.45) is 1.99. The van der Waals surface area contributed by atoms with Crippen LogP contribution in [-0.2, 0) is 24.9 Å². The highest BCUT2D eigenvalue weighted by Gasteiger charge is 2.26. The lowest BCUT2D eigenvalue weighted by Crippen LogP contribution is -2.42. The van der Waals surface area contributed by atoms with Crippen molar-refractivity contribution < 1.29 is 4.79 Å². The van der Waals surface area contributed by atoms with E-state index < -0.39 is 0 Å². The molecule has 1 aromatic heterocycles. The van der Waals surface area contributed by atoms with Crippen molar-refractivity contribution in [1.82, 2.24) is 19.8 Å². The van der Waals surface area contributed by atoms with Crippen molar-refractivity contribution in [2.75, 3.05) is 13.1 Å². The number of hydrogen-bond donors (Lipinski definition) is 1. The molecule has 6 heteroatoms. The van der Waals surface area contributed by atoms with Gasteiger partial charge in [-0.1, -0.05) is 40.2 Å². The lowest BCUT2D eigenvalue weighted by molar-refractivity contribution is -0.127. The van der Waals surface area contributed by atoms with Crippen LogP contribution in [0.1, 0.15) is 24.2 Å². The SMILES string of the molecule is Cn1c(CN2CCC[C@@H](C(=O)NCc3ccc(Br)cc3)C2)nc2ccccc21. The quantitative estimate of drug-likeness (QED) is 0.654. The molecule has 0 aliphatic carbocycles. The van der Waals surface area contributed by atoms with E-state index in [1.807, 2.05) is 42.5 Å². The summed E-state index contributed by atoms with van der Waals surface area (Å²) in [5, 5.41) is 3.10. The van der Waals surface area contributed by atoms with E-state index in [4.69, 9.17) is 4.98 Å². The van der Waals surface area contributed by atoms with Crippen molar-refractivity contribution >= 4 is 32.9 Å². The third-order valence-electron chi connectivity index (χ3n) is 5.50. The van der Waals surface area contributed by atoms with Crippen LogP contribution in [0.4, 0.5) is 0 Å². The number of para-hydroxylation sites is 2. The Balaban J connectivity index is 1.36. The van der Waals surface area contributed by atoms with E-state index in [0.29, 0.717) is 6.54 Å². The van der Waals surface area contributed by atoms with Crippen molar-refractivity contribution in [3.8, 4) is 0 Å². The van der Waals surface area contributed by atoms with Gasteiger partial charge in [-0.05, 0) is 49.2 Å². The molecule has 2 aromatic carbocycles. The van der Waals surface area contributed by atoms with Gasteiger partial charge < -0.3 is 9.88 Å². The second-order valence-electron chi connectivity index (χ2n) is 7.49. The first-order chi connectivity index (χ1) is 13.6. The van der Waals surface area contributed by atoms with Crippen LogP contribution < -0.4 is 5.32 Å². The van der Waals surface area contributed by atoms with E-state index in [-0.39, 0.29) is 11.8 Å². The number of piperidine rings is 1. The molecule has 0 unspecified atom stereocenters. The maximum atomic E-state index is 12.7. The molecule has 5 nitrogen and oxygen atoms in total. The number of aryl methyl sites for hydroxylation is 1. The number of rotatable bonds is 5. The predicted octanol–water partition coefficient (Wildman–Crippen LogP) is 3.86. The van der Waals surface area contributed by atoms with Crippen LogP contribution in [0.5, 0.6) is 0 Å². The second kappa shape index (κ2) is 8.45. The Morgan fingerprint density at radius 1 is 1.21 bits per heavy atom. The number of fused-ring (bicyclic) bond motifs is 1. The van der Waals surface area contributed by atoms with Crippen molar-refractivity contribution in [3.05, 3.63) is 64.4 Å². The summed E-state index contributed by atoms with van der Waals surface area (Å²) in [7, 11) is 2.07. The van der Waals surface area contributed by atoms with Gasteiger partial charge >= 0.3 is 0 Å². The number of nitrogens with zero attached hydrogens (tertiary/aromatic N) is 3. The number of nitrogens with one attached hydrogen (secondary N) is 1. The largest absolute Gasteiger partial charge is 0.352 e. The molecule has 0 spiro atoms. The summed E-state index contributed by atoms with van der Waals surface area (Å²) in [4.78, 5) is 19.8. The number of aromatic nitrogens is 2. The van der Waals surface area contributed by atoms with Crippen molar-refractivity contribution in [2.24, 2.45) is 13.0 Å². The number of hydrogen-bond acceptors (Lipinski definition) is 3. The zero-order valence-corrected chi connectivity index (χ0v) is 17.7. The first-order valence-electron chi connectivity index (χ1n) is 9.75. The molecule has 1 saturated heterocycles. The Kier molecular flexibility index (Phi) is 5.78.